The lowest BCUT2D eigenvalue weighted by molar-refractivity contribution is -0.122. The minimum atomic E-state index is 0.113. The van der Waals surface area contributed by atoms with Gasteiger partial charge in [-0.15, -0.1) is 0 Å². The molecule has 1 saturated heterocycles. The molecule has 1 heterocycles. The van der Waals surface area contributed by atoms with Gasteiger partial charge in [-0.05, 0) is 38.8 Å². The van der Waals surface area contributed by atoms with Crippen LogP contribution in [0.2, 0.25) is 0 Å². The first-order chi connectivity index (χ1) is 7.33. The molecule has 0 bridgehead atoms. The summed E-state index contributed by atoms with van der Waals surface area (Å²) in [5.74, 6) is 0.768. The van der Waals surface area contributed by atoms with Gasteiger partial charge in [-0.2, -0.15) is 0 Å². The SMILES string of the molecule is CCOCCC(=O)NCC1CCNCC1. The second-order valence-electron chi connectivity index (χ2n) is 3.94. The molecule has 1 fully saturated rings. The number of hydrogen-bond acceptors (Lipinski definition) is 3. The van der Waals surface area contributed by atoms with E-state index in [4.69, 9.17) is 4.74 Å². The average Bonchev–Trinajstić information content (AvgIpc) is 2.28. The van der Waals surface area contributed by atoms with Gasteiger partial charge in [-0.1, -0.05) is 0 Å². The Kier molecular flexibility index (Phi) is 6.36. The maximum atomic E-state index is 11.4. The fraction of sp³-hybridized carbons (Fsp3) is 0.909. The number of hydrogen-bond donors (Lipinski definition) is 2. The third-order valence-electron chi connectivity index (χ3n) is 2.72. The minimum absolute atomic E-state index is 0.113. The number of carbonyl (C=O) groups excluding carboxylic acids is 1. The van der Waals surface area contributed by atoms with Crippen LogP contribution in [0.15, 0.2) is 0 Å². The summed E-state index contributed by atoms with van der Waals surface area (Å²) in [6.07, 6.45) is 2.83. The van der Waals surface area contributed by atoms with E-state index in [-0.39, 0.29) is 5.91 Å². The molecule has 0 atom stereocenters. The Hall–Kier alpha value is -0.610. The van der Waals surface area contributed by atoms with Crippen LogP contribution in [-0.2, 0) is 9.53 Å². The molecule has 1 aliphatic heterocycles. The quantitative estimate of drug-likeness (QED) is 0.634. The molecule has 15 heavy (non-hydrogen) atoms. The second-order valence-corrected chi connectivity index (χ2v) is 3.94. The lowest BCUT2D eigenvalue weighted by Gasteiger charge is -2.22. The molecular formula is C11H22N2O2. The van der Waals surface area contributed by atoms with E-state index in [0.717, 1.165) is 19.6 Å². The molecule has 1 rings (SSSR count). The van der Waals surface area contributed by atoms with E-state index in [2.05, 4.69) is 10.6 Å². The summed E-state index contributed by atoms with van der Waals surface area (Å²) < 4.78 is 5.13. The summed E-state index contributed by atoms with van der Waals surface area (Å²) in [6, 6.07) is 0. The highest BCUT2D eigenvalue weighted by Gasteiger charge is 2.13. The molecule has 0 radical (unpaired) electrons. The first kappa shape index (κ1) is 12.5. The Morgan fingerprint density at radius 1 is 1.47 bits per heavy atom. The largest absolute Gasteiger partial charge is 0.381 e. The van der Waals surface area contributed by atoms with Crippen LogP contribution in [0, 0.1) is 5.92 Å². The maximum absolute atomic E-state index is 11.4. The lowest BCUT2D eigenvalue weighted by atomic mass is 9.98. The third-order valence-corrected chi connectivity index (χ3v) is 2.72. The van der Waals surface area contributed by atoms with Crippen molar-refractivity contribution in [2.45, 2.75) is 26.2 Å². The molecule has 2 N–H and O–H groups in total. The van der Waals surface area contributed by atoms with Crippen molar-refractivity contribution in [2.24, 2.45) is 5.92 Å². The topological polar surface area (TPSA) is 50.4 Å². The van der Waals surface area contributed by atoms with Gasteiger partial charge in [0.2, 0.25) is 5.91 Å². The lowest BCUT2D eigenvalue weighted by Crippen LogP contribution is -2.36. The molecule has 0 saturated carbocycles. The zero-order valence-electron chi connectivity index (χ0n) is 9.55. The van der Waals surface area contributed by atoms with Crippen molar-refractivity contribution in [1.82, 2.24) is 10.6 Å². The van der Waals surface area contributed by atoms with Gasteiger partial charge in [0.05, 0.1) is 6.61 Å². The van der Waals surface area contributed by atoms with Gasteiger partial charge >= 0.3 is 0 Å². The predicted molar refractivity (Wildman–Crippen MR) is 59.7 cm³/mol. The highest BCUT2D eigenvalue weighted by atomic mass is 16.5. The fourth-order valence-electron chi connectivity index (χ4n) is 1.74. The molecule has 0 spiro atoms. The van der Waals surface area contributed by atoms with E-state index < -0.39 is 0 Å². The number of nitrogens with one attached hydrogen (secondary N) is 2. The molecule has 4 nitrogen and oxygen atoms in total. The first-order valence-corrected chi connectivity index (χ1v) is 5.88. The van der Waals surface area contributed by atoms with E-state index >= 15 is 0 Å². The molecule has 88 valence electrons. The molecule has 0 aliphatic carbocycles. The van der Waals surface area contributed by atoms with Crippen LogP contribution in [0.1, 0.15) is 26.2 Å². The third kappa shape index (κ3) is 5.74. The number of amides is 1. The van der Waals surface area contributed by atoms with Crippen LogP contribution in [0.25, 0.3) is 0 Å². The Bertz CT molecular complexity index is 179. The molecule has 0 aromatic rings. The van der Waals surface area contributed by atoms with Crippen molar-refractivity contribution in [2.75, 3.05) is 32.8 Å². The van der Waals surface area contributed by atoms with Gasteiger partial charge in [0.15, 0.2) is 0 Å². The zero-order valence-corrected chi connectivity index (χ0v) is 9.55. The van der Waals surface area contributed by atoms with Gasteiger partial charge in [0.25, 0.3) is 0 Å². The van der Waals surface area contributed by atoms with Gasteiger partial charge in [-0.25, -0.2) is 0 Å². The summed E-state index contributed by atoms with van der Waals surface area (Å²) in [5.41, 5.74) is 0. The van der Waals surface area contributed by atoms with Crippen LogP contribution < -0.4 is 10.6 Å². The Balaban J connectivity index is 2.00. The average molecular weight is 214 g/mol. The van der Waals surface area contributed by atoms with E-state index in [9.17, 15) is 4.79 Å². The summed E-state index contributed by atoms with van der Waals surface area (Å²) >= 11 is 0. The van der Waals surface area contributed by atoms with E-state index in [1.165, 1.54) is 12.8 Å². The van der Waals surface area contributed by atoms with Gasteiger partial charge in [0, 0.05) is 19.6 Å². The molecule has 1 amide bonds. The summed E-state index contributed by atoms with van der Waals surface area (Å²) in [4.78, 5) is 11.4. The van der Waals surface area contributed by atoms with Crippen molar-refractivity contribution in [3.8, 4) is 0 Å². The molecule has 0 aromatic heterocycles. The Labute approximate surface area is 91.8 Å². The standard InChI is InChI=1S/C11H22N2O2/c1-2-15-8-5-11(14)13-9-10-3-6-12-7-4-10/h10,12H,2-9H2,1H3,(H,13,14). The predicted octanol–water partition coefficient (Wildman–Crippen LogP) is 0.529. The first-order valence-electron chi connectivity index (χ1n) is 5.88. The summed E-state index contributed by atoms with van der Waals surface area (Å²) in [5, 5.41) is 6.28. The smallest absolute Gasteiger partial charge is 0.222 e. The van der Waals surface area contributed by atoms with E-state index in [0.29, 0.717) is 25.6 Å². The molecule has 1 aliphatic rings. The summed E-state index contributed by atoms with van der Waals surface area (Å²) in [6.45, 7) is 6.15. The van der Waals surface area contributed by atoms with Crippen LogP contribution >= 0.6 is 0 Å². The van der Waals surface area contributed by atoms with E-state index in [1.807, 2.05) is 6.92 Å². The number of rotatable bonds is 6. The molecule has 0 unspecified atom stereocenters. The van der Waals surface area contributed by atoms with Crippen molar-refractivity contribution in [3.05, 3.63) is 0 Å². The molecule has 0 aromatic carbocycles. The van der Waals surface area contributed by atoms with Crippen LogP contribution in [0.4, 0.5) is 0 Å². The van der Waals surface area contributed by atoms with Crippen molar-refractivity contribution < 1.29 is 9.53 Å². The number of carbonyl (C=O) groups is 1. The molecular weight excluding hydrogens is 192 g/mol. The van der Waals surface area contributed by atoms with Crippen LogP contribution in [-0.4, -0.2) is 38.8 Å². The normalized spacial score (nSPS) is 17.7. The monoisotopic (exact) mass is 214 g/mol. The van der Waals surface area contributed by atoms with Crippen molar-refractivity contribution >= 4 is 5.91 Å². The highest BCUT2D eigenvalue weighted by Crippen LogP contribution is 2.09. The minimum Gasteiger partial charge on any atom is -0.381 e. The van der Waals surface area contributed by atoms with Gasteiger partial charge in [-0.3, -0.25) is 4.79 Å². The molecule has 4 heteroatoms. The van der Waals surface area contributed by atoms with Crippen molar-refractivity contribution in [1.29, 1.82) is 0 Å². The zero-order chi connectivity index (χ0) is 10.9. The van der Waals surface area contributed by atoms with E-state index in [1.54, 1.807) is 0 Å². The Morgan fingerprint density at radius 3 is 2.87 bits per heavy atom. The second kappa shape index (κ2) is 7.65. The highest BCUT2D eigenvalue weighted by molar-refractivity contribution is 5.75. The number of ether oxygens (including phenoxy) is 1. The van der Waals surface area contributed by atoms with Gasteiger partial charge < -0.3 is 15.4 Å². The van der Waals surface area contributed by atoms with Crippen molar-refractivity contribution in [3.63, 3.8) is 0 Å². The Morgan fingerprint density at radius 2 is 2.20 bits per heavy atom. The number of piperidine rings is 1. The van der Waals surface area contributed by atoms with Crippen LogP contribution in [0.5, 0.6) is 0 Å². The van der Waals surface area contributed by atoms with Crippen LogP contribution in [0.3, 0.4) is 0 Å². The van der Waals surface area contributed by atoms with Gasteiger partial charge in [0.1, 0.15) is 0 Å². The summed E-state index contributed by atoms with van der Waals surface area (Å²) in [7, 11) is 0. The maximum Gasteiger partial charge on any atom is 0.222 e. The fourth-order valence-corrected chi connectivity index (χ4v) is 1.74.